The van der Waals surface area contributed by atoms with Gasteiger partial charge in [0.25, 0.3) is 0 Å². The first kappa shape index (κ1) is 13.5. The molecule has 104 valence electrons. The fraction of sp³-hybridized carbons (Fsp3) is 0.143. The zero-order chi connectivity index (χ0) is 14.1. The van der Waals surface area contributed by atoms with E-state index in [1.54, 1.807) is 12.1 Å². The van der Waals surface area contributed by atoms with Crippen molar-refractivity contribution in [3.63, 3.8) is 0 Å². The first-order chi connectivity index (χ1) is 9.63. The Hall–Kier alpha value is -1.46. The number of hydrogen-bond acceptors (Lipinski definition) is 3. The maximum atomic E-state index is 13.7. The standard InChI is InChI=1S/C14H10BrClFNO2/c15-10-5-14-13(19-7-20-14)3-8(10)6-18-12-2-1-9(16)4-11(12)17/h1-5,18H,6-7H2. The molecule has 0 aromatic heterocycles. The van der Waals surface area contributed by atoms with E-state index in [0.29, 0.717) is 28.8 Å². The van der Waals surface area contributed by atoms with E-state index in [4.69, 9.17) is 21.1 Å². The van der Waals surface area contributed by atoms with Crippen LogP contribution in [0.2, 0.25) is 5.02 Å². The average molecular weight is 359 g/mol. The molecule has 0 spiro atoms. The molecule has 0 fully saturated rings. The monoisotopic (exact) mass is 357 g/mol. The molecule has 3 rings (SSSR count). The Kier molecular flexibility index (Phi) is 3.72. The second-order valence-electron chi connectivity index (χ2n) is 4.27. The molecule has 0 radical (unpaired) electrons. The summed E-state index contributed by atoms with van der Waals surface area (Å²) in [5, 5.41) is 3.40. The summed E-state index contributed by atoms with van der Waals surface area (Å²) >= 11 is 9.18. The quantitative estimate of drug-likeness (QED) is 0.871. The van der Waals surface area contributed by atoms with Crippen LogP contribution in [-0.2, 0) is 6.54 Å². The number of hydrogen-bond donors (Lipinski definition) is 1. The maximum absolute atomic E-state index is 13.7. The maximum Gasteiger partial charge on any atom is 0.231 e. The molecule has 0 amide bonds. The molecule has 1 heterocycles. The SMILES string of the molecule is Fc1cc(Cl)ccc1NCc1cc2c(cc1Br)OCO2. The molecule has 6 heteroatoms. The molecule has 0 atom stereocenters. The third-order valence-electron chi connectivity index (χ3n) is 2.94. The number of anilines is 1. The van der Waals surface area contributed by atoms with Gasteiger partial charge in [-0.15, -0.1) is 0 Å². The van der Waals surface area contributed by atoms with Gasteiger partial charge in [-0.05, 0) is 35.9 Å². The van der Waals surface area contributed by atoms with E-state index >= 15 is 0 Å². The van der Waals surface area contributed by atoms with Crippen molar-refractivity contribution in [3.05, 3.63) is 51.2 Å². The normalized spacial score (nSPS) is 12.6. The number of benzene rings is 2. The van der Waals surface area contributed by atoms with Gasteiger partial charge in [0.15, 0.2) is 11.5 Å². The van der Waals surface area contributed by atoms with Crippen molar-refractivity contribution in [1.29, 1.82) is 0 Å². The van der Waals surface area contributed by atoms with Crippen molar-refractivity contribution in [2.24, 2.45) is 0 Å². The summed E-state index contributed by atoms with van der Waals surface area (Å²) in [4.78, 5) is 0. The molecule has 2 aromatic carbocycles. The van der Waals surface area contributed by atoms with Gasteiger partial charge < -0.3 is 14.8 Å². The van der Waals surface area contributed by atoms with E-state index in [2.05, 4.69) is 21.2 Å². The highest BCUT2D eigenvalue weighted by atomic mass is 79.9. The van der Waals surface area contributed by atoms with E-state index in [9.17, 15) is 4.39 Å². The van der Waals surface area contributed by atoms with Gasteiger partial charge in [0.05, 0.1) is 5.69 Å². The Morgan fingerprint density at radius 1 is 1.20 bits per heavy atom. The van der Waals surface area contributed by atoms with Crippen molar-refractivity contribution in [1.82, 2.24) is 0 Å². The predicted octanol–water partition coefficient (Wildman–Crippen LogP) is 4.58. The van der Waals surface area contributed by atoms with Gasteiger partial charge in [-0.3, -0.25) is 0 Å². The van der Waals surface area contributed by atoms with E-state index < -0.39 is 0 Å². The average Bonchev–Trinajstić information content (AvgIpc) is 2.84. The van der Waals surface area contributed by atoms with Gasteiger partial charge >= 0.3 is 0 Å². The molecular weight excluding hydrogens is 349 g/mol. The third-order valence-corrected chi connectivity index (χ3v) is 3.92. The summed E-state index contributed by atoms with van der Waals surface area (Å²) in [6.45, 7) is 0.681. The number of ether oxygens (including phenoxy) is 2. The van der Waals surface area contributed by atoms with Crippen molar-refractivity contribution in [2.45, 2.75) is 6.54 Å². The molecule has 0 saturated carbocycles. The van der Waals surface area contributed by atoms with Crippen LogP contribution in [0.5, 0.6) is 11.5 Å². The molecule has 1 N–H and O–H groups in total. The number of nitrogens with one attached hydrogen (secondary N) is 1. The van der Waals surface area contributed by atoms with E-state index in [1.165, 1.54) is 6.07 Å². The fourth-order valence-electron chi connectivity index (χ4n) is 1.92. The lowest BCUT2D eigenvalue weighted by molar-refractivity contribution is 0.174. The Bertz CT molecular complexity index is 666. The van der Waals surface area contributed by atoms with Crippen LogP contribution in [0.1, 0.15) is 5.56 Å². The summed E-state index contributed by atoms with van der Waals surface area (Å²) in [6.07, 6.45) is 0. The molecule has 3 nitrogen and oxygen atoms in total. The highest BCUT2D eigenvalue weighted by Gasteiger charge is 2.16. The highest BCUT2D eigenvalue weighted by Crippen LogP contribution is 2.37. The minimum Gasteiger partial charge on any atom is -0.454 e. The number of fused-ring (bicyclic) bond motifs is 1. The van der Waals surface area contributed by atoms with Crippen molar-refractivity contribution >= 4 is 33.2 Å². The molecule has 0 bridgehead atoms. The van der Waals surface area contributed by atoms with Crippen LogP contribution < -0.4 is 14.8 Å². The molecule has 0 saturated heterocycles. The Balaban J connectivity index is 1.78. The Morgan fingerprint density at radius 2 is 1.95 bits per heavy atom. The molecule has 2 aromatic rings. The van der Waals surface area contributed by atoms with Crippen LogP contribution in [0.3, 0.4) is 0 Å². The Morgan fingerprint density at radius 3 is 2.70 bits per heavy atom. The first-order valence-corrected chi connectivity index (χ1v) is 7.07. The summed E-state index contributed by atoms with van der Waals surface area (Å²) < 4.78 is 25.2. The van der Waals surface area contributed by atoms with Crippen molar-refractivity contribution in [3.8, 4) is 11.5 Å². The minimum atomic E-state index is -0.380. The molecule has 20 heavy (non-hydrogen) atoms. The summed E-state index contributed by atoms with van der Waals surface area (Å²) in [6, 6.07) is 8.24. The second-order valence-corrected chi connectivity index (χ2v) is 5.57. The molecule has 0 aliphatic carbocycles. The third kappa shape index (κ3) is 2.69. The van der Waals surface area contributed by atoms with Gasteiger partial charge in [-0.2, -0.15) is 0 Å². The van der Waals surface area contributed by atoms with E-state index in [0.717, 1.165) is 10.0 Å². The lowest BCUT2D eigenvalue weighted by Gasteiger charge is -2.10. The van der Waals surface area contributed by atoms with Crippen molar-refractivity contribution < 1.29 is 13.9 Å². The van der Waals surface area contributed by atoms with E-state index in [1.807, 2.05) is 12.1 Å². The van der Waals surface area contributed by atoms with Gasteiger partial charge in [-0.25, -0.2) is 4.39 Å². The smallest absolute Gasteiger partial charge is 0.231 e. The zero-order valence-corrected chi connectivity index (χ0v) is 12.6. The Labute approximate surface area is 128 Å². The number of rotatable bonds is 3. The molecule has 1 aliphatic heterocycles. The molecule has 1 aliphatic rings. The second kappa shape index (κ2) is 5.50. The first-order valence-electron chi connectivity index (χ1n) is 5.90. The van der Waals surface area contributed by atoms with Crippen LogP contribution in [0.25, 0.3) is 0 Å². The van der Waals surface area contributed by atoms with Gasteiger partial charge in [0.2, 0.25) is 6.79 Å². The van der Waals surface area contributed by atoms with Crippen LogP contribution in [0, 0.1) is 5.82 Å². The highest BCUT2D eigenvalue weighted by molar-refractivity contribution is 9.10. The minimum absolute atomic E-state index is 0.227. The van der Waals surface area contributed by atoms with Crippen LogP contribution in [-0.4, -0.2) is 6.79 Å². The summed E-state index contributed by atoms with van der Waals surface area (Å²) in [7, 11) is 0. The van der Waals surface area contributed by atoms with Crippen LogP contribution in [0.4, 0.5) is 10.1 Å². The fourth-order valence-corrected chi connectivity index (χ4v) is 2.54. The topological polar surface area (TPSA) is 30.5 Å². The van der Waals surface area contributed by atoms with Gasteiger partial charge in [0, 0.05) is 16.0 Å². The molecular formula is C14H10BrClFNO2. The number of halogens is 3. The van der Waals surface area contributed by atoms with Crippen LogP contribution in [0.15, 0.2) is 34.8 Å². The molecule has 0 unspecified atom stereocenters. The van der Waals surface area contributed by atoms with Gasteiger partial charge in [-0.1, -0.05) is 27.5 Å². The van der Waals surface area contributed by atoms with Crippen molar-refractivity contribution in [2.75, 3.05) is 12.1 Å². The summed E-state index contributed by atoms with van der Waals surface area (Å²) in [5.74, 6) is 1.02. The summed E-state index contributed by atoms with van der Waals surface area (Å²) in [5.41, 5.74) is 1.35. The predicted molar refractivity (Wildman–Crippen MR) is 79.0 cm³/mol. The van der Waals surface area contributed by atoms with E-state index in [-0.39, 0.29) is 12.6 Å². The largest absolute Gasteiger partial charge is 0.454 e. The zero-order valence-electron chi connectivity index (χ0n) is 10.3. The van der Waals surface area contributed by atoms with Gasteiger partial charge in [0.1, 0.15) is 5.82 Å². The van der Waals surface area contributed by atoms with Crippen LogP contribution >= 0.6 is 27.5 Å². The lowest BCUT2D eigenvalue weighted by Crippen LogP contribution is -2.02. The lowest BCUT2D eigenvalue weighted by atomic mass is 10.2.